The van der Waals surface area contributed by atoms with Crippen molar-refractivity contribution < 1.29 is 46.4 Å². The summed E-state index contributed by atoms with van der Waals surface area (Å²) in [6, 6.07) is 13.7. The fraction of sp³-hybridized carbons (Fsp3) is 0.520. The molecule has 0 bridgehead atoms. The minimum absolute atomic E-state index is 0.0172. The largest absolute Gasteiger partial charge is 0.472 e. The van der Waals surface area contributed by atoms with Crippen molar-refractivity contribution in [2.75, 3.05) is 44.7 Å². The van der Waals surface area contributed by atoms with Crippen molar-refractivity contribution >= 4 is 39.7 Å². The summed E-state index contributed by atoms with van der Waals surface area (Å²) in [6.45, 7) is 13.1. The highest BCUT2D eigenvalue weighted by molar-refractivity contribution is 6.01. The summed E-state index contributed by atoms with van der Waals surface area (Å²) in [4.78, 5) is 48.2. The molecule has 1 N–H and O–H groups in total. The maximum absolute atomic E-state index is 17.6. The van der Waals surface area contributed by atoms with Crippen LogP contribution in [0.5, 0.6) is 11.9 Å². The summed E-state index contributed by atoms with van der Waals surface area (Å²) in [6.07, 6.45) is 3.92. The van der Waals surface area contributed by atoms with Crippen molar-refractivity contribution in [1.82, 2.24) is 29.7 Å². The van der Waals surface area contributed by atoms with E-state index in [0.29, 0.717) is 37.9 Å². The van der Waals surface area contributed by atoms with E-state index in [1.165, 1.54) is 18.3 Å². The summed E-state index contributed by atoms with van der Waals surface area (Å²) in [5, 5.41) is 3.53. The Bertz CT molecular complexity index is 2590. The van der Waals surface area contributed by atoms with Crippen LogP contribution in [0.2, 0.25) is 0 Å². The van der Waals surface area contributed by atoms with Crippen molar-refractivity contribution in [2.45, 2.75) is 129 Å². The number of likely N-dealkylation sites (tertiary alicyclic amines) is 1. The highest BCUT2D eigenvalue weighted by Crippen LogP contribution is 2.41. The number of aromatic nitrogens is 4. The Hall–Kier alpha value is -5.81. The molecule has 0 saturated carbocycles. The van der Waals surface area contributed by atoms with E-state index in [4.69, 9.17) is 28.7 Å². The van der Waals surface area contributed by atoms with Crippen molar-refractivity contribution in [3.8, 4) is 23.3 Å². The molecule has 14 nitrogen and oxygen atoms in total. The van der Waals surface area contributed by atoms with Gasteiger partial charge in [0, 0.05) is 37.7 Å². The van der Waals surface area contributed by atoms with Gasteiger partial charge in [-0.15, -0.1) is 0 Å². The van der Waals surface area contributed by atoms with E-state index in [9.17, 15) is 14.0 Å². The number of benzene rings is 2. The molecule has 3 aliphatic rings. The molecule has 8 rings (SSSR count). The van der Waals surface area contributed by atoms with Gasteiger partial charge in [0.05, 0.1) is 23.6 Å². The molecule has 17 heteroatoms. The van der Waals surface area contributed by atoms with Crippen LogP contribution < -0.4 is 14.8 Å². The molecular formula is C50H60F3N7O7. The van der Waals surface area contributed by atoms with Gasteiger partial charge in [-0.05, 0) is 122 Å². The van der Waals surface area contributed by atoms with Crippen LogP contribution in [0, 0.1) is 11.6 Å². The summed E-state index contributed by atoms with van der Waals surface area (Å²) in [5.41, 5.74) is -1.43. The topological polar surface area (TPSA) is 150 Å². The third-order valence-corrected chi connectivity index (χ3v) is 12.2. The van der Waals surface area contributed by atoms with E-state index in [0.717, 1.165) is 44.2 Å². The fourth-order valence-corrected chi connectivity index (χ4v) is 9.24. The van der Waals surface area contributed by atoms with Crippen LogP contribution in [0.3, 0.4) is 0 Å². The lowest BCUT2D eigenvalue weighted by molar-refractivity contribution is 0.000741. The van der Waals surface area contributed by atoms with Crippen molar-refractivity contribution in [3.63, 3.8) is 0 Å². The predicted molar refractivity (Wildman–Crippen MR) is 247 cm³/mol. The summed E-state index contributed by atoms with van der Waals surface area (Å²) >= 11 is 0. The number of pyridine rings is 2. The first kappa shape index (κ1) is 47.7. The predicted octanol–water partition coefficient (Wildman–Crippen LogP) is 10.1. The average molecular weight is 928 g/mol. The number of fused-ring (bicyclic) bond motifs is 3. The van der Waals surface area contributed by atoms with Crippen molar-refractivity contribution in [1.29, 1.82) is 0 Å². The lowest BCUT2D eigenvalue weighted by Crippen LogP contribution is -2.43. The van der Waals surface area contributed by atoms with E-state index in [2.05, 4.69) is 25.2 Å². The van der Waals surface area contributed by atoms with Gasteiger partial charge in [0.2, 0.25) is 5.88 Å². The van der Waals surface area contributed by atoms with Gasteiger partial charge in [0.15, 0.2) is 5.82 Å². The summed E-state index contributed by atoms with van der Waals surface area (Å²) in [7, 11) is 0. The lowest BCUT2D eigenvalue weighted by Gasteiger charge is -2.30. The quantitative estimate of drug-likeness (QED) is 0.112. The van der Waals surface area contributed by atoms with Crippen LogP contribution in [0.4, 0.5) is 28.6 Å². The van der Waals surface area contributed by atoms with Gasteiger partial charge >= 0.3 is 18.2 Å². The smallest absolute Gasteiger partial charge is 0.413 e. The van der Waals surface area contributed by atoms with E-state index in [1.54, 1.807) is 31.7 Å². The lowest BCUT2D eigenvalue weighted by atomic mass is 9.95. The number of hydrogen-bond acceptors (Lipinski definition) is 12. The molecule has 3 atom stereocenters. The number of rotatable bonds is 13. The van der Waals surface area contributed by atoms with Crippen molar-refractivity contribution in [2.24, 2.45) is 0 Å². The minimum atomic E-state index is -0.985. The molecule has 358 valence electrons. The zero-order valence-corrected chi connectivity index (χ0v) is 39.1. The second kappa shape index (κ2) is 19.8. The van der Waals surface area contributed by atoms with Crippen LogP contribution in [0.25, 0.3) is 33.1 Å². The molecule has 2 amide bonds. The third kappa shape index (κ3) is 11.5. The second-order valence-corrected chi connectivity index (χ2v) is 19.8. The summed E-state index contributed by atoms with van der Waals surface area (Å²) in [5.74, 6) is -1.43. The van der Waals surface area contributed by atoms with Gasteiger partial charge < -0.3 is 28.6 Å². The van der Waals surface area contributed by atoms with Crippen LogP contribution in [0.1, 0.15) is 97.6 Å². The highest BCUT2D eigenvalue weighted by atomic mass is 19.1. The second-order valence-electron chi connectivity index (χ2n) is 19.8. The Morgan fingerprint density at radius 1 is 0.896 bits per heavy atom. The minimum Gasteiger partial charge on any atom is -0.472 e. The maximum atomic E-state index is 17.6. The van der Waals surface area contributed by atoms with E-state index >= 15 is 8.78 Å². The average Bonchev–Trinajstić information content (AvgIpc) is 3.68. The molecule has 0 radical (unpaired) electrons. The molecule has 67 heavy (non-hydrogen) atoms. The molecular weight excluding hydrogens is 868 g/mol. The first-order valence-corrected chi connectivity index (χ1v) is 23.2. The van der Waals surface area contributed by atoms with Crippen LogP contribution >= 0.6 is 0 Å². The standard InChI is InChI=1S/C50H60F3N7O7/c1-48(2,3)66-46(61)56-38-24-32-18-19-37(52)35(17-12-23-63-34-16-10-11-21-59(28-34)47(62)67-49(4,5)6)39(32)42(55-38)43-40(53)41-36(26-54-43)44(64-29-31-14-8-7-9-15-31)58-45(57-41)65-30-50-20-13-22-60(50)27-33(51)25-50/h7-9,14-15,18-19,24,26,33-34H,10-13,16-17,20-23,25,27-30H2,1-6H3,(H,55,56,61)/t33-,34-,50+/m1/s1. The van der Waals surface area contributed by atoms with E-state index in [1.807, 2.05) is 51.1 Å². The number of nitrogens with zero attached hydrogens (tertiary/aromatic N) is 6. The number of alkyl halides is 1. The Morgan fingerprint density at radius 2 is 1.69 bits per heavy atom. The highest BCUT2D eigenvalue weighted by Gasteiger charge is 2.49. The van der Waals surface area contributed by atoms with Crippen LogP contribution in [-0.4, -0.2) is 110 Å². The van der Waals surface area contributed by atoms with Gasteiger partial charge in [0.25, 0.3) is 0 Å². The van der Waals surface area contributed by atoms with E-state index < -0.39 is 40.6 Å². The maximum Gasteiger partial charge on any atom is 0.413 e. The number of ether oxygens (including phenoxy) is 5. The molecule has 0 aliphatic carbocycles. The van der Waals surface area contributed by atoms with Gasteiger partial charge in [-0.25, -0.2) is 27.7 Å². The Kier molecular flexibility index (Phi) is 14.1. The monoisotopic (exact) mass is 927 g/mol. The van der Waals surface area contributed by atoms with Gasteiger partial charge in [-0.1, -0.05) is 36.4 Å². The zero-order chi connectivity index (χ0) is 47.5. The zero-order valence-electron chi connectivity index (χ0n) is 39.1. The Labute approximate surface area is 388 Å². The molecule has 2 aromatic carbocycles. The first-order valence-electron chi connectivity index (χ1n) is 23.2. The number of halogens is 3. The Morgan fingerprint density at radius 3 is 2.46 bits per heavy atom. The molecule has 6 heterocycles. The SMILES string of the molecule is CC(C)(C)OC(=O)Nc1cc2ccc(F)c(CCCO[C@@H]3CCCCN(C(=O)OC(C)(C)C)C3)c2c(-c2ncc3c(OCc4ccccc4)nc(OC[C@@]45CCCN4C[C@H](F)C5)nc3c2F)n1. The molecule has 3 aromatic heterocycles. The number of nitrogens with one attached hydrogen (secondary N) is 1. The Balaban J connectivity index is 1.15. The molecule has 3 aliphatic heterocycles. The van der Waals surface area contributed by atoms with E-state index in [-0.39, 0.29) is 89.4 Å². The number of hydrogen-bond donors (Lipinski definition) is 1. The number of aryl methyl sites for hydroxylation is 1. The first-order chi connectivity index (χ1) is 31.9. The van der Waals surface area contributed by atoms with Gasteiger partial charge in [0.1, 0.15) is 59.1 Å². The molecule has 3 saturated heterocycles. The number of carbonyl (C=O) groups excluding carboxylic acids is 2. The number of anilines is 1. The van der Waals surface area contributed by atoms with Gasteiger partial charge in [-0.3, -0.25) is 15.2 Å². The molecule has 0 spiro atoms. The van der Waals surface area contributed by atoms with Gasteiger partial charge in [-0.2, -0.15) is 9.97 Å². The van der Waals surface area contributed by atoms with Crippen molar-refractivity contribution in [3.05, 3.63) is 77.5 Å². The molecule has 0 unspecified atom stereocenters. The number of carbonyl (C=O) groups is 2. The third-order valence-electron chi connectivity index (χ3n) is 12.2. The molecule has 3 fully saturated rings. The number of amides is 2. The fourth-order valence-electron chi connectivity index (χ4n) is 9.24. The normalized spacial score (nSPS) is 20.2. The molecule has 5 aromatic rings. The summed E-state index contributed by atoms with van der Waals surface area (Å²) < 4.78 is 78.4. The van der Waals surface area contributed by atoms with Crippen LogP contribution in [-0.2, 0) is 27.2 Å². The van der Waals surface area contributed by atoms with Crippen LogP contribution in [0.15, 0.2) is 54.7 Å².